The number of thiazole rings is 1. The molecule has 0 saturated heterocycles. The van der Waals surface area contributed by atoms with Gasteiger partial charge in [0.15, 0.2) is 0 Å². The van der Waals surface area contributed by atoms with Crippen LogP contribution in [0.5, 0.6) is 0 Å². The highest BCUT2D eigenvalue weighted by Gasteiger charge is 2.12. The first-order valence-electron chi connectivity index (χ1n) is 8.75. The molecule has 3 heterocycles. The summed E-state index contributed by atoms with van der Waals surface area (Å²) in [6, 6.07) is 18.1. The predicted molar refractivity (Wildman–Crippen MR) is 110 cm³/mol. The van der Waals surface area contributed by atoms with E-state index in [0.717, 1.165) is 22.5 Å². The second-order valence-corrected chi connectivity index (χ2v) is 7.46. The van der Waals surface area contributed by atoms with Crippen LogP contribution in [0.1, 0.15) is 11.1 Å². The van der Waals surface area contributed by atoms with Crippen molar-refractivity contribution < 1.29 is 0 Å². The third-order valence-corrected chi connectivity index (χ3v) is 5.47. The summed E-state index contributed by atoms with van der Waals surface area (Å²) in [7, 11) is 0. The molecule has 0 unspecified atom stereocenters. The van der Waals surface area contributed by atoms with Crippen LogP contribution in [0.15, 0.2) is 71.9 Å². The van der Waals surface area contributed by atoms with Crippen LogP contribution in [-0.4, -0.2) is 24.4 Å². The molecule has 0 aliphatic heterocycles. The smallest absolute Gasteiger partial charge is 0.266 e. The average Bonchev–Trinajstić information content (AvgIpc) is 3.41. The highest BCUT2D eigenvalue weighted by molar-refractivity contribution is 7.15. The van der Waals surface area contributed by atoms with Crippen LogP contribution in [-0.2, 0) is 0 Å². The number of hydrogen-bond acceptors (Lipinski definition) is 5. The van der Waals surface area contributed by atoms with E-state index in [1.807, 2.05) is 59.4 Å². The van der Waals surface area contributed by atoms with Gasteiger partial charge in [0.25, 0.3) is 5.56 Å². The maximum Gasteiger partial charge on any atom is 0.291 e. The molecule has 6 nitrogen and oxygen atoms in total. The Morgan fingerprint density at radius 3 is 2.57 bits per heavy atom. The van der Waals surface area contributed by atoms with Crippen molar-refractivity contribution in [2.24, 2.45) is 0 Å². The molecule has 0 spiro atoms. The first-order valence-corrected chi connectivity index (χ1v) is 9.57. The van der Waals surface area contributed by atoms with E-state index in [1.165, 1.54) is 27.7 Å². The molecule has 0 bridgehead atoms. The van der Waals surface area contributed by atoms with Crippen LogP contribution in [0.2, 0.25) is 0 Å². The summed E-state index contributed by atoms with van der Waals surface area (Å²) in [5.74, 6) is 0. The molecule has 0 radical (unpaired) electrons. The van der Waals surface area contributed by atoms with Crippen LogP contribution in [0.4, 0.5) is 0 Å². The van der Waals surface area contributed by atoms with Gasteiger partial charge < -0.3 is 0 Å². The van der Waals surface area contributed by atoms with Crippen LogP contribution in [0.25, 0.3) is 28.0 Å². The van der Waals surface area contributed by atoms with Crippen molar-refractivity contribution in [2.45, 2.75) is 6.92 Å². The van der Waals surface area contributed by atoms with Crippen LogP contribution >= 0.6 is 11.3 Å². The van der Waals surface area contributed by atoms with Gasteiger partial charge in [0.2, 0.25) is 4.96 Å². The molecule has 136 valence electrons. The highest BCUT2D eigenvalue weighted by Crippen LogP contribution is 2.24. The third-order valence-electron chi connectivity index (χ3n) is 4.50. The van der Waals surface area contributed by atoms with Crippen LogP contribution < -0.4 is 10.1 Å². The first-order chi connectivity index (χ1) is 13.7. The van der Waals surface area contributed by atoms with E-state index in [1.54, 1.807) is 0 Å². The van der Waals surface area contributed by atoms with Gasteiger partial charge in [-0.15, -0.1) is 0 Å². The van der Waals surface area contributed by atoms with Gasteiger partial charge in [-0.25, -0.2) is 9.67 Å². The van der Waals surface area contributed by atoms with Crippen molar-refractivity contribution in [1.82, 2.24) is 24.4 Å². The van der Waals surface area contributed by atoms with E-state index in [0.29, 0.717) is 9.49 Å². The molecule has 3 aromatic heterocycles. The highest BCUT2D eigenvalue weighted by atomic mass is 32.1. The third kappa shape index (κ3) is 2.82. The van der Waals surface area contributed by atoms with Crippen molar-refractivity contribution in [3.05, 3.63) is 93.1 Å². The topological polar surface area (TPSA) is 65.1 Å². The maximum absolute atomic E-state index is 12.6. The summed E-state index contributed by atoms with van der Waals surface area (Å²) in [5.41, 5.74) is 4.67. The second-order valence-electron chi connectivity index (χ2n) is 6.45. The Kier molecular flexibility index (Phi) is 3.87. The second kappa shape index (κ2) is 6.54. The van der Waals surface area contributed by atoms with E-state index >= 15 is 0 Å². The van der Waals surface area contributed by atoms with Crippen molar-refractivity contribution in [3.63, 3.8) is 0 Å². The lowest BCUT2D eigenvalue weighted by molar-refractivity contribution is 0.884. The molecule has 0 aliphatic carbocycles. The molecule has 0 saturated carbocycles. The Balaban J connectivity index is 1.73. The number of hydrogen-bond donors (Lipinski definition) is 0. The average molecular weight is 385 g/mol. The lowest BCUT2D eigenvalue weighted by Crippen LogP contribution is -2.23. The summed E-state index contributed by atoms with van der Waals surface area (Å²) >= 11 is 1.32. The Morgan fingerprint density at radius 2 is 1.82 bits per heavy atom. The largest absolute Gasteiger partial charge is 0.291 e. The molecule has 7 heteroatoms. The molecule has 2 aromatic carbocycles. The molecule has 28 heavy (non-hydrogen) atoms. The molecule has 5 aromatic rings. The zero-order valence-electron chi connectivity index (χ0n) is 15.0. The van der Waals surface area contributed by atoms with Gasteiger partial charge >= 0.3 is 0 Å². The molecule has 0 amide bonds. The van der Waals surface area contributed by atoms with Crippen LogP contribution in [0, 0.1) is 6.92 Å². The zero-order valence-corrected chi connectivity index (χ0v) is 15.8. The Bertz CT molecular complexity index is 1380. The normalized spacial score (nSPS) is 12.1. The number of fused-ring (bicyclic) bond motifs is 1. The number of benzene rings is 2. The molecule has 0 atom stereocenters. The molecule has 0 N–H and O–H groups in total. The van der Waals surface area contributed by atoms with E-state index in [9.17, 15) is 4.79 Å². The number of aromatic nitrogens is 5. The van der Waals surface area contributed by atoms with Crippen molar-refractivity contribution in [1.29, 1.82) is 0 Å². The van der Waals surface area contributed by atoms with Gasteiger partial charge in [-0.2, -0.15) is 14.7 Å². The molecular weight excluding hydrogens is 370 g/mol. The van der Waals surface area contributed by atoms with E-state index in [-0.39, 0.29) is 5.56 Å². The molecule has 0 fully saturated rings. The predicted octanol–water partition coefficient (Wildman–Crippen LogP) is 2.86. The van der Waals surface area contributed by atoms with Gasteiger partial charge in [-0.3, -0.25) is 4.79 Å². The zero-order chi connectivity index (χ0) is 19.1. The Hall–Kier alpha value is -3.58. The number of rotatable bonds is 3. The van der Waals surface area contributed by atoms with Gasteiger partial charge in [0.1, 0.15) is 6.33 Å². The summed E-state index contributed by atoms with van der Waals surface area (Å²) in [4.78, 5) is 17.3. The van der Waals surface area contributed by atoms with E-state index in [4.69, 9.17) is 5.10 Å². The van der Waals surface area contributed by atoms with Crippen molar-refractivity contribution >= 4 is 22.4 Å². The van der Waals surface area contributed by atoms with E-state index < -0.39 is 0 Å². The monoisotopic (exact) mass is 385 g/mol. The van der Waals surface area contributed by atoms with Gasteiger partial charge in [0.05, 0.1) is 15.9 Å². The molecule has 5 rings (SSSR count). The van der Waals surface area contributed by atoms with Crippen LogP contribution in [0.3, 0.4) is 0 Å². The van der Waals surface area contributed by atoms with E-state index in [2.05, 4.69) is 29.1 Å². The van der Waals surface area contributed by atoms with Crippen molar-refractivity contribution in [3.8, 4) is 16.9 Å². The lowest BCUT2D eigenvalue weighted by Gasteiger charge is -2.01. The summed E-state index contributed by atoms with van der Waals surface area (Å²) in [6.07, 6.45) is 5.20. The number of aryl methyl sites for hydroxylation is 1. The standard InChI is InChI=1S/C21H15N5OS/c1-14-7-9-15(10-8-14)19-16(12-25(24-19)17-5-3-2-4-6-17)11-18-20(27)26-21(28-18)22-13-23-26/h2-13H,1H3. The lowest BCUT2D eigenvalue weighted by atomic mass is 10.1. The van der Waals surface area contributed by atoms with Gasteiger partial charge in [0, 0.05) is 17.3 Å². The quantitative estimate of drug-likeness (QED) is 0.479. The number of para-hydroxylation sites is 1. The van der Waals surface area contributed by atoms with Gasteiger partial charge in [-0.05, 0) is 25.1 Å². The molecule has 0 aliphatic rings. The Labute approximate surface area is 164 Å². The summed E-state index contributed by atoms with van der Waals surface area (Å²) in [5, 5.41) is 8.78. The number of nitrogens with zero attached hydrogens (tertiary/aromatic N) is 5. The van der Waals surface area contributed by atoms with Crippen molar-refractivity contribution in [2.75, 3.05) is 0 Å². The summed E-state index contributed by atoms with van der Waals surface area (Å²) < 4.78 is 3.74. The SMILES string of the molecule is Cc1ccc(-c2nn(-c3ccccc3)cc2C=c2sc3ncnn3c2=O)cc1. The minimum atomic E-state index is -0.167. The van der Waals surface area contributed by atoms with Gasteiger partial charge in [-0.1, -0.05) is 59.4 Å². The Morgan fingerprint density at radius 1 is 1.04 bits per heavy atom. The fourth-order valence-corrected chi connectivity index (χ4v) is 3.93. The minimum Gasteiger partial charge on any atom is -0.266 e. The fourth-order valence-electron chi connectivity index (χ4n) is 3.06. The summed E-state index contributed by atoms with van der Waals surface area (Å²) in [6.45, 7) is 2.05. The first kappa shape index (κ1) is 16.6. The fraction of sp³-hybridized carbons (Fsp3) is 0.0476. The maximum atomic E-state index is 12.6. The minimum absolute atomic E-state index is 0.167. The molecular formula is C21H15N5OS.